The molecule has 1 N–H and O–H groups in total. The highest BCUT2D eigenvalue weighted by molar-refractivity contribution is 7.17. The smallest absolute Gasteiger partial charge is 0.263 e. The molecule has 2 aromatic heterocycles. The lowest BCUT2D eigenvalue weighted by Crippen LogP contribution is -2.31. The van der Waals surface area contributed by atoms with Crippen LogP contribution in [0.4, 0.5) is 5.69 Å². The summed E-state index contributed by atoms with van der Waals surface area (Å²) in [5.41, 5.74) is 1.67. The topological polar surface area (TPSA) is 82.5 Å². The molecule has 0 aliphatic rings. The number of carbonyl (C=O) groups excluding carboxylic acids is 1. The van der Waals surface area contributed by atoms with Gasteiger partial charge in [0.1, 0.15) is 28.7 Å². The molecule has 7 nitrogen and oxygen atoms in total. The number of hydrogen-bond acceptors (Lipinski definition) is 6. The Balaban J connectivity index is 1.76. The first-order valence-electron chi connectivity index (χ1n) is 10.6. The molecule has 0 aliphatic carbocycles. The molecule has 0 aliphatic heterocycles. The van der Waals surface area contributed by atoms with Gasteiger partial charge in [-0.1, -0.05) is 43.6 Å². The van der Waals surface area contributed by atoms with Crippen LogP contribution < -0.4 is 20.3 Å². The third-order valence-corrected chi connectivity index (χ3v) is 6.59. The fourth-order valence-corrected chi connectivity index (χ4v) is 4.92. The third-order valence-electron chi connectivity index (χ3n) is 5.39. The van der Waals surface area contributed by atoms with Crippen LogP contribution in [-0.2, 0) is 11.3 Å². The SMILES string of the molecule is COc1ccc(NC(=O)Cn2c(C(C)C)nc3scc(-c4ccccc4Cl)c3c2=O)c(OC)c1. The molecule has 1 amide bonds. The van der Waals surface area contributed by atoms with E-state index in [1.807, 2.05) is 37.4 Å². The number of rotatable bonds is 7. The number of nitrogens with zero attached hydrogens (tertiary/aromatic N) is 2. The number of halogens is 1. The minimum Gasteiger partial charge on any atom is -0.497 e. The lowest BCUT2D eigenvalue weighted by molar-refractivity contribution is -0.116. The highest BCUT2D eigenvalue weighted by Crippen LogP contribution is 2.35. The van der Waals surface area contributed by atoms with Crippen molar-refractivity contribution in [2.24, 2.45) is 0 Å². The van der Waals surface area contributed by atoms with Crippen molar-refractivity contribution in [3.63, 3.8) is 0 Å². The average Bonchev–Trinajstić information content (AvgIpc) is 3.25. The maximum atomic E-state index is 13.7. The van der Waals surface area contributed by atoms with Crippen molar-refractivity contribution in [3.05, 3.63) is 69.0 Å². The first-order valence-corrected chi connectivity index (χ1v) is 11.9. The summed E-state index contributed by atoms with van der Waals surface area (Å²) in [6.45, 7) is 3.69. The van der Waals surface area contributed by atoms with Crippen molar-refractivity contribution < 1.29 is 14.3 Å². The maximum absolute atomic E-state index is 13.7. The standard InChI is InChI=1S/C25H24ClN3O4S/c1-14(2)23-28-24-22(17(13-34-24)16-7-5-6-8-18(16)26)25(31)29(23)12-21(30)27-19-10-9-15(32-3)11-20(19)33-4/h5-11,13-14H,12H2,1-4H3,(H,27,30). The summed E-state index contributed by atoms with van der Waals surface area (Å²) in [5, 5.41) is 5.71. The highest BCUT2D eigenvalue weighted by Gasteiger charge is 2.21. The van der Waals surface area contributed by atoms with E-state index in [9.17, 15) is 9.59 Å². The van der Waals surface area contributed by atoms with Gasteiger partial charge in [-0.25, -0.2) is 4.98 Å². The Hall–Kier alpha value is -3.36. The summed E-state index contributed by atoms with van der Waals surface area (Å²) < 4.78 is 12.0. The molecule has 176 valence electrons. The minimum atomic E-state index is -0.372. The van der Waals surface area contributed by atoms with E-state index in [0.29, 0.717) is 43.8 Å². The number of nitrogens with one attached hydrogen (secondary N) is 1. The van der Waals surface area contributed by atoms with Crippen molar-refractivity contribution in [1.82, 2.24) is 9.55 Å². The number of methoxy groups -OCH3 is 2. The Kier molecular flexibility index (Phi) is 6.90. The van der Waals surface area contributed by atoms with Gasteiger partial charge in [0.15, 0.2) is 0 Å². The minimum absolute atomic E-state index is 0.0636. The van der Waals surface area contributed by atoms with Crippen molar-refractivity contribution in [1.29, 1.82) is 0 Å². The van der Waals surface area contributed by atoms with Gasteiger partial charge < -0.3 is 14.8 Å². The Morgan fingerprint density at radius 3 is 2.59 bits per heavy atom. The zero-order valence-corrected chi connectivity index (χ0v) is 20.8. The molecule has 2 heterocycles. The Bertz CT molecular complexity index is 1430. The van der Waals surface area contributed by atoms with Crippen molar-refractivity contribution >= 4 is 44.7 Å². The molecule has 0 spiro atoms. The molecule has 0 saturated heterocycles. The monoisotopic (exact) mass is 497 g/mol. The van der Waals surface area contributed by atoms with Crippen LogP contribution in [0.2, 0.25) is 5.02 Å². The lowest BCUT2D eigenvalue weighted by Gasteiger charge is -2.16. The average molecular weight is 498 g/mol. The molecule has 0 bridgehead atoms. The van der Waals surface area contributed by atoms with E-state index in [4.69, 9.17) is 26.1 Å². The Morgan fingerprint density at radius 1 is 1.15 bits per heavy atom. The predicted molar refractivity (Wildman–Crippen MR) is 137 cm³/mol. The number of amides is 1. The summed E-state index contributed by atoms with van der Waals surface area (Å²) in [6.07, 6.45) is 0. The number of hydrogen-bond donors (Lipinski definition) is 1. The van der Waals surface area contributed by atoms with Gasteiger partial charge in [0, 0.05) is 33.5 Å². The van der Waals surface area contributed by atoms with Crippen LogP contribution in [0.3, 0.4) is 0 Å². The van der Waals surface area contributed by atoms with Crippen LogP contribution in [0.15, 0.2) is 52.6 Å². The molecule has 0 saturated carbocycles. The van der Waals surface area contributed by atoms with Crippen LogP contribution in [0.25, 0.3) is 21.3 Å². The summed E-state index contributed by atoms with van der Waals surface area (Å²) in [7, 11) is 3.06. The zero-order chi connectivity index (χ0) is 24.4. The van der Waals surface area contributed by atoms with Gasteiger partial charge in [-0.05, 0) is 18.2 Å². The van der Waals surface area contributed by atoms with Crippen molar-refractivity contribution in [3.8, 4) is 22.6 Å². The van der Waals surface area contributed by atoms with Crippen LogP contribution >= 0.6 is 22.9 Å². The van der Waals surface area contributed by atoms with E-state index in [1.165, 1.54) is 23.0 Å². The molecule has 0 radical (unpaired) electrons. The molecule has 9 heteroatoms. The normalized spacial score (nSPS) is 11.1. The summed E-state index contributed by atoms with van der Waals surface area (Å²) >= 11 is 7.79. The molecule has 34 heavy (non-hydrogen) atoms. The van der Waals surface area contributed by atoms with Crippen LogP contribution in [0, 0.1) is 0 Å². The molecule has 4 aromatic rings. The summed E-state index contributed by atoms with van der Waals surface area (Å²) in [4.78, 5) is 32.1. The van der Waals surface area contributed by atoms with E-state index < -0.39 is 0 Å². The number of ether oxygens (including phenoxy) is 2. The third kappa shape index (κ3) is 4.51. The number of aromatic nitrogens is 2. The maximum Gasteiger partial charge on any atom is 0.263 e. The van der Waals surface area contributed by atoms with Crippen LogP contribution in [0.1, 0.15) is 25.6 Å². The molecular formula is C25H24ClN3O4S. The highest BCUT2D eigenvalue weighted by atomic mass is 35.5. The number of carbonyl (C=O) groups is 1. The van der Waals surface area contributed by atoms with E-state index >= 15 is 0 Å². The number of fused-ring (bicyclic) bond motifs is 1. The quantitative estimate of drug-likeness (QED) is 0.361. The van der Waals surface area contributed by atoms with E-state index in [0.717, 1.165) is 5.56 Å². The molecule has 0 unspecified atom stereocenters. The summed E-state index contributed by atoms with van der Waals surface area (Å²) in [5.74, 6) is 1.17. The van der Waals surface area contributed by atoms with Gasteiger partial charge >= 0.3 is 0 Å². The fourth-order valence-electron chi connectivity index (χ4n) is 3.75. The number of anilines is 1. The van der Waals surface area contributed by atoms with Gasteiger partial charge in [0.2, 0.25) is 5.91 Å². The van der Waals surface area contributed by atoms with Crippen molar-refractivity contribution in [2.75, 3.05) is 19.5 Å². The Labute approximate surface area is 205 Å². The number of thiophene rings is 1. The second kappa shape index (κ2) is 9.87. The molecule has 0 atom stereocenters. The lowest BCUT2D eigenvalue weighted by atomic mass is 10.1. The van der Waals surface area contributed by atoms with Crippen LogP contribution in [-0.4, -0.2) is 29.7 Å². The van der Waals surface area contributed by atoms with E-state index in [-0.39, 0.29) is 23.9 Å². The zero-order valence-electron chi connectivity index (χ0n) is 19.2. The van der Waals surface area contributed by atoms with Gasteiger partial charge in [0.25, 0.3) is 5.56 Å². The molecular weight excluding hydrogens is 474 g/mol. The first kappa shape index (κ1) is 23.8. The van der Waals surface area contributed by atoms with Gasteiger partial charge in [0.05, 0.1) is 25.3 Å². The Morgan fingerprint density at radius 2 is 1.91 bits per heavy atom. The summed E-state index contributed by atoms with van der Waals surface area (Å²) in [6, 6.07) is 12.4. The number of benzene rings is 2. The largest absolute Gasteiger partial charge is 0.497 e. The molecule has 0 fully saturated rings. The fraction of sp³-hybridized carbons (Fsp3) is 0.240. The molecule has 4 rings (SSSR count). The van der Waals surface area contributed by atoms with E-state index in [2.05, 4.69) is 5.32 Å². The van der Waals surface area contributed by atoms with E-state index in [1.54, 1.807) is 31.4 Å². The predicted octanol–water partition coefficient (Wildman–Crippen LogP) is 5.56. The van der Waals surface area contributed by atoms with Crippen molar-refractivity contribution in [2.45, 2.75) is 26.3 Å². The van der Waals surface area contributed by atoms with Gasteiger partial charge in [-0.15, -0.1) is 11.3 Å². The van der Waals surface area contributed by atoms with Crippen LogP contribution in [0.5, 0.6) is 11.5 Å². The second-order valence-electron chi connectivity index (χ2n) is 7.94. The van der Waals surface area contributed by atoms with Gasteiger partial charge in [-0.2, -0.15) is 0 Å². The second-order valence-corrected chi connectivity index (χ2v) is 9.21. The van der Waals surface area contributed by atoms with Gasteiger partial charge in [-0.3, -0.25) is 14.2 Å². The molecule has 2 aromatic carbocycles. The first-order chi connectivity index (χ1) is 16.3.